The van der Waals surface area contributed by atoms with Gasteiger partial charge in [-0.25, -0.2) is 4.79 Å². The molecule has 1 spiro atoms. The largest absolute Gasteiger partial charge is 0.497 e. The van der Waals surface area contributed by atoms with Gasteiger partial charge < -0.3 is 14.4 Å². The number of carbonyl (C=O) groups excluding carboxylic acids is 1. The SMILES string of the molecule is COc1cc2c(c(OC)c1)CC=C1N(C2)C(=O)N(C)C12CCN(Cc1cccc3cccnc13)CC2. The molecule has 7 nitrogen and oxygen atoms in total. The van der Waals surface area contributed by atoms with Gasteiger partial charge in [-0.05, 0) is 42.5 Å². The van der Waals surface area contributed by atoms with Gasteiger partial charge in [-0.1, -0.05) is 30.3 Å². The molecule has 3 aliphatic heterocycles. The molecule has 6 rings (SSSR count). The fourth-order valence-electron chi connectivity index (χ4n) is 6.27. The number of pyridine rings is 1. The monoisotopic (exact) mass is 484 g/mol. The Hall–Kier alpha value is -3.58. The molecular weight excluding hydrogens is 452 g/mol. The number of aromatic nitrogens is 1. The fraction of sp³-hybridized carbons (Fsp3) is 0.379. The van der Waals surface area contributed by atoms with Crippen molar-refractivity contribution in [3.05, 3.63) is 77.1 Å². The second-order valence-corrected chi connectivity index (χ2v) is 9.99. The molecule has 2 aromatic carbocycles. The number of allylic oxidation sites excluding steroid dienone is 1. The molecule has 0 aliphatic carbocycles. The standard InChI is InChI=1S/C29H32N4O3/c1-31-28(34)33-19-22-16-23(35-2)17-25(36-3)24(22)9-10-26(33)29(31)11-14-32(15-12-29)18-21-7-4-6-20-8-5-13-30-27(20)21/h4-8,10,13,16-17H,9,11-12,14-15,18-19H2,1-3H3. The number of likely N-dealkylation sites (tertiary alicyclic amines) is 1. The van der Waals surface area contributed by atoms with Crippen molar-refractivity contribution in [1.82, 2.24) is 19.7 Å². The minimum absolute atomic E-state index is 0.0718. The van der Waals surface area contributed by atoms with E-state index in [0.29, 0.717) is 6.54 Å². The summed E-state index contributed by atoms with van der Waals surface area (Å²) in [5, 5.41) is 1.18. The third-order valence-electron chi connectivity index (χ3n) is 8.28. The Kier molecular flexibility index (Phi) is 5.60. The minimum Gasteiger partial charge on any atom is -0.497 e. The van der Waals surface area contributed by atoms with E-state index in [1.165, 1.54) is 10.9 Å². The summed E-state index contributed by atoms with van der Waals surface area (Å²) < 4.78 is 11.2. The number of piperidine rings is 1. The molecular formula is C29H32N4O3. The average molecular weight is 485 g/mol. The lowest BCUT2D eigenvalue weighted by Gasteiger charge is -2.43. The molecule has 36 heavy (non-hydrogen) atoms. The van der Waals surface area contributed by atoms with E-state index in [4.69, 9.17) is 9.47 Å². The first-order valence-electron chi connectivity index (χ1n) is 12.6. The smallest absolute Gasteiger partial charge is 0.325 e. The Balaban J connectivity index is 1.26. The lowest BCUT2D eigenvalue weighted by molar-refractivity contribution is 0.100. The van der Waals surface area contributed by atoms with Crippen LogP contribution >= 0.6 is 0 Å². The van der Waals surface area contributed by atoms with E-state index >= 15 is 0 Å². The first-order chi connectivity index (χ1) is 17.5. The van der Waals surface area contributed by atoms with Crippen molar-refractivity contribution in [2.24, 2.45) is 0 Å². The Morgan fingerprint density at radius 3 is 2.64 bits per heavy atom. The van der Waals surface area contributed by atoms with Crippen LogP contribution in [0, 0.1) is 0 Å². The van der Waals surface area contributed by atoms with Crippen molar-refractivity contribution in [3.8, 4) is 11.5 Å². The molecule has 2 amide bonds. The van der Waals surface area contributed by atoms with E-state index in [0.717, 1.165) is 72.7 Å². The Labute approximate surface area is 211 Å². The van der Waals surface area contributed by atoms with Crippen molar-refractivity contribution < 1.29 is 14.3 Å². The number of hydrogen-bond acceptors (Lipinski definition) is 5. The van der Waals surface area contributed by atoms with E-state index in [9.17, 15) is 4.79 Å². The van der Waals surface area contributed by atoms with Gasteiger partial charge in [0.15, 0.2) is 0 Å². The average Bonchev–Trinajstić information content (AvgIpc) is 3.04. The van der Waals surface area contributed by atoms with Gasteiger partial charge in [0.2, 0.25) is 0 Å². The molecule has 2 fully saturated rings. The van der Waals surface area contributed by atoms with Crippen molar-refractivity contribution in [2.45, 2.75) is 37.9 Å². The Bertz CT molecular complexity index is 1350. The number of urea groups is 1. The molecule has 186 valence electrons. The third-order valence-corrected chi connectivity index (χ3v) is 8.28. The van der Waals surface area contributed by atoms with Gasteiger partial charge in [0.1, 0.15) is 11.5 Å². The zero-order valence-electron chi connectivity index (χ0n) is 21.2. The summed E-state index contributed by atoms with van der Waals surface area (Å²) in [7, 11) is 5.32. The molecule has 4 heterocycles. The van der Waals surface area contributed by atoms with Crippen molar-refractivity contribution in [2.75, 3.05) is 34.4 Å². The van der Waals surface area contributed by atoms with Crippen LogP contribution in [0.3, 0.4) is 0 Å². The highest BCUT2D eigenvalue weighted by atomic mass is 16.5. The summed E-state index contributed by atoms with van der Waals surface area (Å²) in [5.41, 5.74) is 5.41. The maximum atomic E-state index is 13.5. The highest BCUT2D eigenvalue weighted by molar-refractivity contribution is 5.83. The molecule has 0 radical (unpaired) electrons. The van der Waals surface area contributed by atoms with E-state index in [2.05, 4.69) is 40.2 Å². The third kappa shape index (κ3) is 3.53. The van der Waals surface area contributed by atoms with E-state index in [1.54, 1.807) is 14.2 Å². The number of carbonyl (C=O) groups is 1. The zero-order chi connectivity index (χ0) is 24.9. The second kappa shape index (κ2) is 8.82. The predicted molar refractivity (Wildman–Crippen MR) is 139 cm³/mol. The molecule has 0 unspecified atom stereocenters. The summed E-state index contributed by atoms with van der Waals surface area (Å²) >= 11 is 0. The number of nitrogens with zero attached hydrogens (tertiary/aromatic N) is 4. The number of ether oxygens (including phenoxy) is 2. The maximum absolute atomic E-state index is 13.5. The number of benzene rings is 2. The van der Waals surface area contributed by atoms with Crippen molar-refractivity contribution in [1.29, 1.82) is 0 Å². The molecule has 2 saturated heterocycles. The van der Waals surface area contributed by atoms with Crippen LogP contribution in [0.15, 0.2) is 60.4 Å². The Morgan fingerprint density at radius 1 is 1.06 bits per heavy atom. The summed E-state index contributed by atoms with van der Waals surface area (Å²) in [5.74, 6) is 1.57. The van der Waals surface area contributed by atoms with Gasteiger partial charge in [0, 0.05) is 55.6 Å². The topological polar surface area (TPSA) is 58.1 Å². The van der Waals surface area contributed by atoms with Crippen LogP contribution in [-0.4, -0.2) is 65.6 Å². The van der Waals surface area contributed by atoms with Crippen LogP contribution in [0.25, 0.3) is 10.9 Å². The first kappa shape index (κ1) is 22.9. The predicted octanol–water partition coefficient (Wildman–Crippen LogP) is 4.59. The van der Waals surface area contributed by atoms with Crippen LogP contribution in [-0.2, 0) is 19.5 Å². The molecule has 0 saturated carbocycles. The molecule has 3 aromatic rings. The summed E-state index contributed by atoms with van der Waals surface area (Å²) in [6.45, 7) is 3.25. The number of para-hydroxylation sites is 1. The molecule has 0 N–H and O–H groups in total. The summed E-state index contributed by atoms with van der Waals surface area (Å²) in [4.78, 5) is 24.6. The zero-order valence-corrected chi connectivity index (χ0v) is 21.2. The lowest BCUT2D eigenvalue weighted by Crippen LogP contribution is -2.52. The van der Waals surface area contributed by atoms with Gasteiger partial charge in [-0.3, -0.25) is 14.8 Å². The van der Waals surface area contributed by atoms with Gasteiger partial charge in [-0.15, -0.1) is 0 Å². The molecule has 1 aromatic heterocycles. The lowest BCUT2D eigenvalue weighted by atomic mass is 9.83. The maximum Gasteiger partial charge on any atom is 0.325 e. The van der Waals surface area contributed by atoms with Gasteiger partial charge in [-0.2, -0.15) is 0 Å². The van der Waals surface area contributed by atoms with E-state index in [-0.39, 0.29) is 11.6 Å². The van der Waals surface area contributed by atoms with Crippen LogP contribution < -0.4 is 9.47 Å². The van der Waals surface area contributed by atoms with Crippen LogP contribution in [0.2, 0.25) is 0 Å². The highest BCUT2D eigenvalue weighted by Gasteiger charge is 2.53. The normalized spacial score (nSPS) is 19.2. The first-order valence-corrected chi connectivity index (χ1v) is 12.6. The summed E-state index contributed by atoms with van der Waals surface area (Å²) in [6, 6.07) is 14.6. The Morgan fingerprint density at radius 2 is 1.86 bits per heavy atom. The number of methoxy groups -OCH3 is 2. The van der Waals surface area contributed by atoms with E-state index < -0.39 is 0 Å². The van der Waals surface area contributed by atoms with E-state index in [1.807, 2.05) is 41.2 Å². The van der Waals surface area contributed by atoms with Crippen LogP contribution in [0.5, 0.6) is 11.5 Å². The van der Waals surface area contributed by atoms with Crippen molar-refractivity contribution in [3.63, 3.8) is 0 Å². The second-order valence-electron chi connectivity index (χ2n) is 9.99. The number of likely N-dealkylation sites (N-methyl/N-ethyl adjacent to an activating group) is 1. The minimum atomic E-state index is -0.274. The summed E-state index contributed by atoms with van der Waals surface area (Å²) in [6.07, 6.45) is 6.68. The number of amides is 2. The quantitative estimate of drug-likeness (QED) is 0.542. The molecule has 0 atom stereocenters. The number of hydrogen-bond donors (Lipinski definition) is 0. The fourth-order valence-corrected chi connectivity index (χ4v) is 6.27. The number of rotatable bonds is 4. The van der Waals surface area contributed by atoms with Crippen LogP contribution in [0.4, 0.5) is 4.79 Å². The van der Waals surface area contributed by atoms with Gasteiger partial charge in [0.25, 0.3) is 0 Å². The number of fused-ring (bicyclic) bond motifs is 4. The molecule has 3 aliphatic rings. The molecule has 7 heteroatoms. The van der Waals surface area contributed by atoms with Gasteiger partial charge in [0.05, 0.1) is 31.8 Å². The van der Waals surface area contributed by atoms with Crippen LogP contribution in [0.1, 0.15) is 29.5 Å². The van der Waals surface area contributed by atoms with Crippen molar-refractivity contribution >= 4 is 16.9 Å². The highest BCUT2D eigenvalue weighted by Crippen LogP contribution is 2.46. The molecule has 0 bridgehead atoms. The van der Waals surface area contributed by atoms with Gasteiger partial charge >= 0.3 is 6.03 Å².